The van der Waals surface area contributed by atoms with Gasteiger partial charge >= 0.3 is 0 Å². The summed E-state index contributed by atoms with van der Waals surface area (Å²) in [6.45, 7) is 3.48. The monoisotopic (exact) mass is 269 g/mol. The quantitative estimate of drug-likeness (QED) is 0.846. The number of likely N-dealkylation sites (N-methyl/N-ethyl adjacent to an activating group) is 1. The second kappa shape index (κ2) is 5.92. The summed E-state index contributed by atoms with van der Waals surface area (Å²) in [6.07, 6.45) is 0. The summed E-state index contributed by atoms with van der Waals surface area (Å²) in [6, 6.07) is -0.562. The minimum atomic E-state index is -0.562. The minimum absolute atomic E-state index is 0.180. The molecule has 1 saturated heterocycles. The van der Waals surface area contributed by atoms with Gasteiger partial charge in [-0.15, -0.1) is 11.3 Å². The van der Waals surface area contributed by atoms with E-state index in [9.17, 15) is 9.59 Å². The molecule has 98 valence electrons. The van der Waals surface area contributed by atoms with E-state index in [1.54, 1.807) is 10.9 Å². The highest BCUT2D eigenvalue weighted by molar-refractivity contribution is 7.07. The molecule has 0 aromatic carbocycles. The Balaban J connectivity index is 2.12. The lowest BCUT2D eigenvalue weighted by atomic mass is 10.2. The van der Waals surface area contributed by atoms with Gasteiger partial charge in [0.1, 0.15) is 11.7 Å². The Morgan fingerprint density at radius 2 is 2.50 bits per heavy atom. The first-order valence-electron chi connectivity index (χ1n) is 5.78. The molecular formula is C11H15N3O3S. The third-order valence-corrected chi connectivity index (χ3v) is 3.28. The zero-order chi connectivity index (χ0) is 13.0. The van der Waals surface area contributed by atoms with Crippen molar-refractivity contribution in [2.75, 3.05) is 26.3 Å². The van der Waals surface area contributed by atoms with Gasteiger partial charge in [-0.2, -0.15) is 0 Å². The van der Waals surface area contributed by atoms with Crippen molar-refractivity contribution in [3.63, 3.8) is 0 Å². The van der Waals surface area contributed by atoms with E-state index in [-0.39, 0.29) is 18.4 Å². The van der Waals surface area contributed by atoms with Crippen LogP contribution in [0, 0.1) is 0 Å². The summed E-state index contributed by atoms with van der Waals surface area (Å²) < 4.78 is 5.27. The average molecular weight is 269 g/mol. The lowest BCUT2D eigenvalue weighted by Gasteiger charge is -2.34. The topological polar surface area (TPSA) is 71.5 Å². The van der Waals surface area contributed by atoms with Crippen LogP contribution in [0.2, 0.25) is 0 Å². The zero-order valence-electron chi connectivity index (χ0n) is 10.1. The molecule has 0 spiro atoms. The van der Waals surface area contributed by atoms with E-state index in [0.717, 1.165) is 0 Å². The molecule has 1 unspecified atom stereocenters. The zero-order valence-corrected chi connectivity index (χ0v) is 10.9. The van der Waals surface area contributed by atoms with E-state index >= 15 is 0 Å². The highest BCUT2D eigenvalue weighted by Gasteiger charge is 2.33. The van der Waals surface area contributed by atoms with Crippen LogP contribution in [-0.2, 0) is 9.53 Å². The predicted molar refractivity (Wildman–Crippen MR) is 66.4 cm³/mol. The molecule has 6 nitrogen and oxygen atoms in total. The summed E-state index contributed by atoms with van der Waals surface area (Å²) >= 11 is 1.36. The summed E-state index contributed by atoms with van der Waals surface area (Å²) in [5, 5.41) is 4.40. The summed E-state index contributed by atoms with van der Waals surface area (Å²) in [4.78, 5) is 29.6. The van der Waals surface area contributed by atoms with E-state index in [1.165, 1.54) is 16.2 Å². The first-order valence-corrected chi connectivity index (χ1v) is 6.73. The molecule has 1 aliphatic heterocycles. The minimum Gasteiger partial charge on any atom is -0.377 e. The van der Waals surface area contributed by atoms with Gasteiger partial charge in [0.15, 0.2) is 0 Å². The number of carbonyl (C=O) groups excluding carboxylic acids is 2. The van der Waals surface area contributed by atoms with Gasteiger partial charge in [0.25, 0.3) is 5.91 Å². The van der Waals surface area contributed by atoms with Crippen molar-refractivity contribution in [1.82, 2.24) is 15.2 Å². The molecule has 2 amide bonds. The van der Waals surface area contributed by atoms with Gasteiger partial charge in [-0.25, -0.2) is 4.98 Å². The maximum absolute atomic E-state index is 12.2. The number of hydrogen-bond acceptors (Lipinski definition) is 5. The Morgan fingerprint density at radius 3 is 3.17 bits per heavy atom. The molecule has 0 bridgehead atoms. The Bertz CT molecular complexity index is 421. The normalized spacial score (nSPS) is 19.6. The first kappa shape index (κ1) is 13.0. The van der Waals surface area contributed by atoms with Gasteiger partial charge in [0, 0.05) is 18.5 Å². The number of ether oxygens (including phenoxy) is 1. The van der Waals surface area contributed by atoms with Crippen molar-refractivity contribution in [3.05, 3.63) is 16.6 Å². The van der Waals surface area contributed by atoms with Crippen molar-refractivity contribution in [3.8, 4) is 0 Å². The largest absolute Gasteiger partial charge is 0.377 e. The van der Waals surface area contributed by atoms with Gasteiger partial charge in [-0.1, -0.05) is 0 Å². The standard InChI is InChI=1S/C11H15N3O3S/c1-2-12-10(15)9-5-17-4-3-14(9)11(16)8-6-18-7-13-8/h6-7,9H,2-5H2,1H3,(H,12,15). The summed E-state index contributed by atoms with van der Waals surface area (Å²) in [5.74, 6) is -0.392. The second-order valence-electron chi connectivity index (χ2n) is 3.86. The summed E-state index contributed by atoms with van der Waals surface area (Å²) in [7, 11) is 0. The number of morpholine rings is 1. The molecule has 1 N–H and O–H groups in total. The Labute approximate surface area is 109 Å². The molecule has 0 aliphatic carbocycles. The number of aromatic nitrogens is 1. The average Bonchev–Trinajstić information content (AvgIpc) is 2.92. The van der Waals surface area contributed by atoms with E-state index < -0.39 is 6.04 Å². The molecule has 0 saturated carbocycles. The van der Waals surface area contributed by atoms with Crippen LogP contribution in [0.5, 0.6) is 0 Å². The highest BCUT2D eigenvalue weighted by atomic mass is 32.1. The first-order chi connectivity index (χ1) is 8.74. The molecule has 0 radical (unpaired) electrons. The SMILES string of the molecule is CCNC(=O)C1COCCN1C(=O)c1cscn1. The second-order valence-corrected chi connectivity index (χ2v) is 4.58. The number of nitrogens with one attached hydrogen (secondary N) is 1. The van der Waals surface area contributed by atoms with E-state index in [1.807, 2.05) is 6.92 Å². The van der Waals surface area contributed by atoms with Gasteiger partial charge < -0.3 is 15.0 Å². The fourth-order valence-corrected chi connectivity index (χ4v) is 2.35. The van der Waals surface area contributed by atoms with Gasteiger partial charge in [-0.05, 0) is 6.92 Å². The third-order valence-electron chi connectivity index (χ3n) is 2.69. The number of rotatable bonds is 3. The molecular weight excluding hydrogens is 254 g/mol. The Kier molecular flexibility index (Phi) is 4.27. The van der Waals surface area contributed by atoms with Crippen LogP contribution in [0.1, 0.15) is 17.4 Å². The van der Waals surface area contributed by atoms with E-state index in [4.69, 9.17) is 4.74 Å². The Morgan fingerprint density at radius 1 is 1.67 bits per heavy atom. The lowest BCUT2D eigenvalue weighted by Crippen LogP contribution is -2.55. The van der Waals surface area contributed by atoms with Crippen LogP contribution in [0.3, 0.4) is 0 Å². The molecule has 1 aromatic heterocycles. The molecule has 7 heteroatoms. The van der Waals surface area contributed by atoms with Crippen LogP contribution in [0.15, 0.2) is 10.9 Å². The van der Waals surface area contributed by atoms with Gasteiger partial charge in [-0.3, -0.25) is 9.59 Å². The predicted octanol–water partition coefficient (Wildman–Crippen LogP) is 0.120. The number of amides is 2. The third kappa shape index (κ3) is 2.68. The molecule has 18 heavy (non-hydrogen) atoms. The van der Waals surface area contributed by atoms with Crippen molar-refractivity contribution in [2.24, 2.45) is 0 Å². The molecule has 2 heterocycles. The molecule has 1 aromatic rings. The number of carbonyl (C=O) groups is 2. The van der Waals surface area contributed by atoms with Crippen LogP contribution >= 0.6 is 11.3 Å². The summed E-state index contributed by atoms with van der Waals surface area (Å²) in [5.41, 5.74) is 1.99. The Hall–Kier alpha value is -1.47. The molecule has 2 rings (SSSR count). The smallest absolute Gasteiger partial charge is 0.274 e. The number of hydrogen-bond donors (Lipinski definition) is 1. The number of nitrogens with zero attached hydrogens (tertiary/aromatic N) is 2. The number of thiazole rings is 1. The van der Waals surface area contributed by atoms with Crippen LogP contribution in [-0.4, -0.2) is 54.0 Å². The maximum Gasteiger partial charge on any atom is 0.274 e. The van der Waals surface area contributed by atoms with E-state index in [2.05, 4.69) is 10.3 Å². The van der Waals surface area contributed by atoms with Gasteiger partial charge in [0.2, 0.25) is 5.91 Å². The lowest BCUT2D eigenvalue weighted by molar-refractivity contribution is -0.130. The highest BCUT2D eigenvalue weighted by Crippen LogP contribution is 2.13. The fraction of sp³-hybridized carbons (Fsp3) is 0.545. The molecule has 1 aliphatic rings. The molecule has 1 atom stereocenters. The van der Waals surface area contributed by atoms with Crippen molar-refractivity contribution < 1.29 is 14.3 Å². The molecule has 1 fully saturated rings. The van der Waals surface area contributed by atoms with Gasteiger partial charge in [0.05, 0.1) is 18.7 Å². The van der Waals surface area contributed by atoms with Crippen molar-refractivity contribution in [1.29, 1.82) is 0 Å². The van der Waals surface area contributed by atoms with E-state index in [0.29, 0.717) is 25.4 Å². The van der Waals surface area contributed by atoms with Crippen LogP contribution in [0.4, 0.5) is 0 Å². The van der Waals surface area contributed by atoms with Crippen molar-refractivity contribution in [2.45, 2.75) is 13.0 Å². The van der Waals surface area contributed by atoms with Crippen LogP contribution < -0.4 is 5.32 Å². The fourth-order valence-electron chi connectivity index (χ4n) is 1.82. The maximum atomic E-state index is 12.2. The van der Waals surface area contributed by atoms with Crippen molar-refractivity contribution >= 4 is 23.2 Å². The van der Waals surface area contributed by atoms with Crippen LogP contribution in [0.25, 0.3) is 0 Å².